The average Bonchev–Trinajstić information content (AvgIpc) is 1.94. The second-order valence-corrected chi connectivity index (χ2v) is 4.25. The van der Waals surface area contributed by atoms with Crippen LogP contribution in [0.15, 0.2) is 27.1 Å². The molecule has 0 aliphatic rings. The van der Waals surface area contributed by atoms with E-state index in [0.29, 0.717) is 0 Å². The summed E-state index contributed by atoms with van der Waals surface area (Å²) in [7, 11) is 0. The number of benzene rings is 1. The monoisotopic (exact) mass is 275 g/mol. The second-order valence-electron chi connectivity index (χ2n) is 2.60. The predicted molar refractivity (Wildman–Crippen MR) is 55.5 cm³/mol. The van der Waals surface area contributed by atoms with Crippen molar-refractivity contribution < 1.29 is 0 Å². The largest absolute Gasteiger partial charge is 0.0608 e. The molecule has 0 bridgehead atoms. The van der Waals surface area contributed by atoms with Crippen molar-refractivity contribution in [1.82, 2.24) is 0 Å². The molecule has 0 nitrogen and oxygen atoms in total. The van der Waals surface area contributed by atoms with Gasteiger partial charge in [-0.2, -0.15) is 0 Å². The molecular formula is C9H9Br2. The predicted octanol–water partition coefficient (Wildman–Crippen LogP) is 4.17. The lowest BCUT2D eigenvalue weighted by Gasteiger charge is -2.07. The summed E-state index contributed by atoms with van der Waals surface area (Å²) in [6.07, 6.45) is 0. The first kappa shape index (κ1) is 9.27. The van der Waals surface area contributed by atoms with E-state index >= 15 is 0 Å². The van der Waals surface area contributed by atoms with E-state index in [4.69, 9.17) is 0 Å². The van der Waals surface area contributed by atoms with Crippen molar-refractivity contribution in [1.29, 1.82) is 0 Å². The van der Waals surface area contributed by atoms with Crippen LogP contribution in [0.5, 0.6) is 0 Å². The fraction of sp³-hybridized carbons (Fsp3) is 0.222. The Balaban J connectivity index is 3.17. The zero-order chi connectivity index (χ0) is 8.43. The van der Waals surface area contributed by atoms with Crippen molar-refractivity contribution in [3.05, 3.63) is 38.6 Å². The van der Waals surface area contributed by atoms with Gasteiger partial charge in [0, 0.05) is 8.95 Å². The molecular weight excluding hydrogens is 268 g/mol. The van der Waals surface area contributed by atoms with Crippen LogP contribution < -0.4 is 0 Å². The number of hydrogen-bond acceptors (Lipinski definition) is 0. The maximum atomic E-state index is 3.51. The molecule has 0 spiro atoms. The summed E-state index contributed by atoms with van der Waals surface area (Å²) in [5.41, 5.74) is 1.26. The van der Waals surface area contributed by atoms with Gasteiger partial charge in [-0.3, -0.25) is 0 Å². The summed E-state index contributed by atoms with van der Waals surface area (Å²) in [5.74, 6) is 1.32. The Kier molecular flexibility index (Phi) is 3.14. The highest BCUT2D eigenvalue weighted by Gasteiger charge is 2.06. The van der Waals surface area contributed by atoms with Gasteiger partial charge in [-0.1, -0.05) is 26.0 Å². The quantitative estimate of drug-likeness (QED) is 0.722. The van der Waals surface area contributed by atoms with Gasteiger partial charge in [0.15, 0.2) is 0 Å². The van der Waals surface area contributed by atoms with E-state index in [1.165, 1.54) is 11.5 Å². The van der Waals surface area contributed by atoms with Crippen molar-refractivity contribution in [2.75, 3.05) is 0 Å². The highest BCUT2D eigenvalue weighted by atomic mass is 79.9. The van der Waals surface area contributed by atoms with Crippen molar-refractivity contribution in [2.45, 2.75) is 13.8 Å². The Bertz CT molecular complexity index is 254. The van der Waals surface area contributed by atoms with Gasteiger partial charge in [-0.15, -0.1) is 0 Å². The smallest absolute Gasteiger partial charge is 0.0355 e. The number of rotatable bonds is 1. The standard InChI is InChI=1S/C9H9Br2/c1-6(2)7-4-3-5-8(10)9(7)11/h3-5H,1-2H3. The van der Waals surface area contributed by atoms with Gasteiger partial charge in [0.25, 0.3) is 0 Å². The molecule has 0 N–H and O–H groups in total. The van der Waals surface area contributed by atoms with E-state index in [1.807, 2.05) is 12.1 Å². The third-order valence-electron chi connectivity index (χ3n) is 1.49. The van der Waals surface area contributed by atoms with Crippen LogP contribution in [0.4, 0.5) is 0 Å². The minimum absolute atomic E-state index is 1.11. The Hall–Kier alpha value is 0.180. The minimum Gasteiger partial charge on any atom is -0.0608 e. The maximum absolute atomic E-state index is 3.51. The molecule has 0 amide bonds. The van der Waals surface area contributed by atoms with Crippen molar-refractivity contribution in [3.63, 3.8) is 0 Å². The molecule has 0 heterocycles. The van der Waals surface area contributed by atoms with Crippen molar-refractivity contribution in [3.8, 4) is 0 Å². The molecule has 59 valence electrons. The average molecular weight is 277 g/mol. The summed E-state index contributed by atoms with van der Waals surface area (Å²) >= 11 is 6.97. The van der Waals surface area contributed by atoms with E-state index < -0.39 is 0 Å². The van der Waals surface area contributed by atoms with Crippen LogP contribution in [0.1, 0.15) is 19.4 Å². The van der Waals surface area contributed by atoms with Gasteiger partial charge in [-0.25, -0.2) is 0 Å². The van der Waals surface area contributed by atoms with Crippen LogP contribution in [0, 0.1) is 5.92 Å². The van der Waals surface area contributed by atoms with Crippen LogP contribution >= 0.6 is 31.9 Å². The Morgan fingerprint density at radius 2 is 1.82 bits per heavy atom. The minimum atomic E-state index is 1.11. The van der Waals surface area contributed by atoms with Crippen molar-refractivity contribution >= 4 is 31.9 Å². The third-order valence-corrected chi connectivity index (χ3v) is 3.54. The van der Waals surface area contributed by atoms with Crippen LogP contribution in [0.25, 0.3) is 0 Å². The van der Waals surface area contributed by atoms with E-state index in [-0.39, 0.29) is 0 Å². The number of halogens is 2. The van der Waals surface area contributed by atoms with E-state index in [0.717, 1.165) is 8.95 Å². The molecule has 2 heteroatoms. The summed E-state index contributed by atoms with van der Waals surface area (Å²) in [6.45, 7) is 4.21. The Morgan fingerprint density at radius 1 is 1.18 bits per heavy atom. The molecule has 0 aliphatic carbocycles. The van der Waals surface area contributed by atoms with Crippen LogP contribution in [-0.4, -0.2) is 0 Å². The molecule has 11 heavy (non-hydrogen) atoms. The molecule has 0 fully saturated rings. The Labute approximate surface area is 84.3 Å². The summed E-state index contributed by atoms with van der Waals surface area (Å²) in [6, 6.07) is 6.16. The summed E-state index contributed by atoms with van der Waals surface area (Å²) in [5, 5.41) is 0. The van der Waals surface area contributed by atoms with Gasteiger partial charge < -0.3 is 0 Å². The second kappa shape index (κ2) is 3.72. The van der Waals surface area contributed by atoms with Gasteiger partial charge in [-0.05, 0) is 49.4 Å². The zero-order valence-electron chi connectivity index (χ0n) is 6.49. The topological polar surface area (TPSA) is 0 Å². The third kappa shape index (κ3) is 2.06. The molecule has 1 radical (unpaired) electrons. The molecule has 0 aliphatic heterocycles. The van der Waals surface area contributed by atoms with Gasteiger partial charge in [0.05, 0.1) is 0 Å². The molecule has 0 saturated heterocycles. The first-order valence-electron chi connectivity index (χ1n) is 3.37. The molecule has 0 saturated carbocycles. The molecule has 0 unspecified atom stereocenters. The summed E-state index contributed by atoms with van der Waals surface area (Å²) in [4.78, 5) is 0. The Morgan fingerprint density at radius 3 is 2.27 bits per heavy atom. The number of hydrogen-bond donors (Lipinski definition) is 0. The van der Waals surface area contributed by atoms with Crippen LogP contribution in [0.2, 0.25) is 0 Å². The molecule has 1 aromatic carbocycles. The van der Waals surface area contributed by atoms with E-state index in [1.54, 1.807) is 0 Å². The normalized spacial score (nSPS) is 10.6. The van der Waals surface area contributed by atoms with Gasteiger partial charge in [0.2, 0.25) is 0 Å². The zero-order valence-corrected chi connectivity index (χ0v) is 9.66. The van der Waals surface area contributed by atoms with Gasteiger partial charge in [0.1, 0.15) is 0 Å². The lowest BCUT2D eigenvalue weighted by molar-refractivity contribution is 1.13. The van der Waals surface area contributed by atoms with E-state index in [9.17, 15) is 0 Å². The fourth-order valence-electron chi connectivity index (χ4n) is 0.890. The first-order chi connectivity index (χ1) is 5.13. The lowest BCUT2D eigenvalue weighted by Crippen LogP contribution is -1.89. The summed E-state index contributed by atoms with van der Waals surface area (Å²) < 4.78 is 2.25. The lowest BCUT2D eigenvalue weighted by atomic mass is 10.0. The molecule has 0 atom stereocenters. The van der Waals surface area contributed by atoms with Crippen LogP contribution in [0.3, 0.4) is 0 Å². The maximum Gasteiger partial charge on any atom is 0.0355 e. The molecule has 0 aromatic heterocycles. The van der Waals surface area contributed by atoms with Gasteiger partial charge >= 0.3 is 0 Å². The fourth-order valence-corrected chi connectivity index (χ4v) is 1.92. The van der Waals surface area contributed by atoms with Crippen molar-refractivity contribution in [2.24, 2.45) is 0 Å². The highest BCUT2D eigenvalue weighted by Crippen LogP contribution is 2.30. The first-order valence-corrected chi connectivity index (χ1v) is 4.96. The molecule has 1 rings (SSSR count). The highest BCUT2D eigenvalue weighted by molar-refractivity contribution is 9.13. The van der Waals surface area contributed by atoms with Crippen LogP contribution in [-0.2, 0) is 0 Å². The van der Waals surface area contributed by atoms with E-state index in [2.05, 4.69) is 51.8 Å². The SMILES string of the molecule is C[C](C)c1cccc(Br)c1Br. The molecule has 1 aromatic rings.